The number of nitrogens with two attached hydrogens (primary N) is 1. The third-order valence-corrected chi connectivity index (χ3v) is 1.41. The molecule has 0 saturated heterocycles. The van der Waals surface area contributed by atoms with Crippen LogP contribution in [0.4, 0.5) is 13.2 Å². The number of hydrogen-bond acceptors (Lipinski definition) is 2. The maximum atomic E-state index is 12.8. The number of benzene rings is 1. The second kappa shape index (κ2) is 3.34. The largest absolute Gasteiger partial charge is 0.409 e. The Labute approximate surface area is 71.3 Å². The monoisotopic (exact) mass is 190 g/mol. The first-order valence-electron chi connectivity index (χ1n) is 3.19. The van der Waals surface area contributed by atoms with Crippen molar-refractivity contribution in [3.8, 4) is 0 Å². The van der Waals surface area contributed by atoms with Gasteiger partial charge in [0, 0.05) is 0 Å². The molecule has 3 nitrogen and oxygen atoms in total. The van der Waals surface area contributed by atoms with E-state index in [0.29, 0.717) is 12.1 Å². The fourth-order valence-corrected chi connectivity index (χ4v) is 0.812. The minimum Gasteiger partial charge on any atom is -0.409 e. The summed E-state index contributed by atoms with van der Waals surface area (Å²) < 4.78 is 38.1. The van der Waals surface area contributed by atoms with Crippen molar-refractivity contribution >= 4 is 5.84 Å². The Hall–Kier alpha value is -1.72. The smallest absolute Gasteiger partial charge is 0.176 e. The van der Waals surface area contributed by atoms with Gasteiger partial charge >= 0.3 is 0 Å². The minimum absolute atomic E-state index is 0.610. The standard InChI is InChI=1S/C7H5F3N2O/c8-3-1-2-4(9)6(10)5(3)7(11)12-13/h1-2,13H,(H2,11,12). The summed E-state index contributed by atoms with van der Waals surface area (Å²) in [5.74, 6) is -4.64. The molecule has 0 aliphatic heterocycles. The zero-order valence-electron chi connectivity index (χ0n) is 6.26. The van der Waals surface area contributed by atoms with E-state index in [4.69, 9.17) is 10.9 Å². The van der Waals surface area contributed by atoms with E-state index < -0.39 is 28.9 Å². The van der Waals surface area contributed by atoms with Gasteiger partial charge in [0.25, 0.3) is 0 Å². The number of amidine groups is 1. The van der Waals surface area contributed by atoms with Crippen LogP contribution in [0.2, 0.25) is 0 Å². The summed E-state index contributed by atoms with van der Waals surface area (Å²) in [6.07, 6.45) is 0. The average Bonchev–Trinajstić information content (AvgIpc) is 2.12. The minimum atomic E-state index is -1.48. The van der Waals surface area contributed by atoms with Crippen molar-refractivity contribution < 1.29 is 18.4 Å². The van der Waals surface area contributed by atoms with Gasteiger partial charge in [-0.15, -0.1) is 0 Å². The molecule has 6 heteroatoms. The van der Waals surface area contributed by atoms with E-state index in [0.717, 1.165) is 0 Å². The predicted molar refractivity (Wildman–Crippen MR) is 38.8 cm³/mol. The third-order valence-electron chi connectivity index (χ3n) is 1.41. The number of nitrogens with zero attached hydrogens (tertiary/aromatic N) is 1. The van der Waals surface area contributed by atoms with Gasteiger partial charge in [0.15, 0.2) is 17.5 Å². The first-order chi connectivity index (χ1) is 6.07. The number of oxime groups is 1. The van der Waals surface area contributed by atoms with Gasteiger partial charge in [0.2, 0.25) is 0 Å². The SMILES string of the molecule is N/C(=N\O)c1c(F)ccc(F)c1F. The average molecular weight is 190 g/mol. The summed E-state index contributed by atoms with van der Waals surface area (Å²) in [4.78, 5) is 0. The molecule has 1 rings (SSSR count). The molecule has 0 spiro atoms. The molecule has 0 amide bonds. The topological polar surface area (TPSA) is 58.6 Å². The molecule has 13 heavy (non-hydrogen) atoms. The summed E-state index contributed by atoms with van der Waals surface area (Å²) >= 11 is 0. The van der Waals surface area contributed by atoms with Crippen molar-refractivity contribution in [1.82, 2.24) is 0 Å². The molecule has 0 heterocycles. The van der Waals surface area contributed by atoms with Crippen molar-refractivity contribution in [2.24, 2.45) is 10.9 Å². The van der Waals surface area contributed by atoms with E-state index in [1.807, 2.05) is 0 Å². The Morgan fingerprint density at radius 2 is 1.77 bits per heavy atom. The first kappa shape index (κ1) is 9.37. The molecule has 0 unspecified atom stereocenters. The summed E-state index contributed by atoms with van der Waals surface area (Å²) in [6, 6.07) is 1.30. The summed E-state index contributed by atoms with van der Waals surface area (Å²) in [7, 11) is 0. The molecule has 0 radical (unpaired) electrons. The van der Waals surface area contributed by atoms with Crippen molar-refractivity contribution in [2.45, 2.75) is 0 Å². The van der Waals surface area contributed by atoms with Crippen molar-refractivity contribution in [1.29, 1.82) is 0 Å². The quantitative estimate of drug-likeness (QED) is 0.230. The van der Waals surface area contributed by atoms with Crippen LogP contribution >= 0.6 is 0 Å². The second-order valence-electron chi connectivity index (χ2n) is 2.20. The van der Waals surface area contributed by atoms with Crippen molar-refractivity contribution in [3.63, 3.8) is 0 Å². The summed E-state index contributed by atoms with van der Waals surface area (Å²) in [5.41, 5.74) is 4.05. The Morgan fingerprint density at radius 1 is 1.23 bits per heavy atom. The van der Waals surface area contributed by atoms with Gasteiger partial charge in [-0.2, -0.15) is 0 Å². The molecule has 0 atom stereocenters. The molecule has 3 N–H and O–H groups in total. The zero-order chi connectivity index (χ0) is 10.0. The molecule has 1 aromatic carbocycles. The lowest BCUT2D eigenvalue weighted by Crippen LogP contribution is -2.18. The Balaban J connectivity index is 3.42. The van der Waals surface area contributed by atoms with Crippen LogP contribution in [0.5, 0.6) is 0 Å². The first-order valence-corrected chi connectivity index (χ1v) is 3.19. The Morgan fingerprint density at radius 3 is 2.31 bits per heavy atom. The maximum absolute atomic E-state index is 12.8. The molecule has 70 valence electrons. The highest BCUT2D eigenvalue weighted by Crippen LogP contribution is 2.15. The van der Waals surface area contributed by atoms with E-state index >= 15 is 0 Å². The molecule has 0 saturated carbocycles. The van der Waals surface area contributed by atoms with Crippen LogP contribution in [0.15, 0.2) is 17.3 Å². The van der Waals surface area contributed by atoms with E-state index in [1.165, 1.54) is 0 Å². The zero-order valence-corrected chi connectivity index (χ0v) is 6.26. The summed E-state index contributed by atoms with van der Waals surface area (Å²) in [6.45, 7) is 0. The number of rotatable bonds is 1. The fraction of sp³-hybridized carbons (Fsp3) is 0. The molecule has 0 bridgehead atoms. The van der Waals surface area contributed by atoms with Gasteiger partial charge in [0.1, 0.15) is 5.82 Å². The molecule has 0 aliphatic rings. The van der Waals surface area contributed by atoms with Gasteiger partial charge in [-0.05, 0) is 12.1 Å². The van der Waals surface area contributed by atoms with Crippen LogP contribution in [0.25, 0.3) is 0 Å². The van der Waals surface area contributed by atoms with Crippen molar-refractivity contribution in [3.05, 3.63) is 35.1 Å². The highest BCUT2D eigenvalue weighted by molar-refractivity contribution is 5.97. The lowest BCUT2D eigenvalue weighted by Gasteiger charge is -2.02. The van der Waals surface area contributed by atoms with Crippen LogP contribution in [-0.4, -0.2) is 11.0 Å². The summed E-state index contributed by atoms with van der Waals surface area (Å²) in [5, 5.41) is 10.5. The van der Waals surface area contributed by atoms with Gasteiger partial charge in [-0.3, -0.25) is 0 Å². The number of hydrogen-bond donors (Lipinski definition) is 2. The van der Waals surface area contributed by atoms with Gasteiger partial charge in [-0.1, -0.05) is 5.16 Å². The second-order valence-corrected chi connectivity index (χ2v) is 2.20. The molecule has 1 aromatic rings. The molecule has 0 aliphatic carbocycles. The maximum Gasteiger partial charge on any atom is 0.176 e. The van der Waals surface area contributed by atoms with Gasteiger partial charge in [0.05, 0.1) is 5.56 Å². The van der Waals surface area contributed by atoms with Crippen LogP contribution in [-0.2, 0) is 0 Å². The Kier molecular flexibility index (Phi) is 2.41. The fourth-order valence-electron chi connectivity index (χ4n) is 0.812. The molecule has 0 aromatic heterocycles. The van der Waals surface area contributed by atoms with E-state index in [1.54, 1.807) is 0 Å². The van der Waals surface area contributed by atoms with Crippen LogP contribution in [0.3, 0.4) is 0 Å². The lowest BCUT2D eigenvalue weighted by molar-refractivity contribution is 0.318. The molecular formula is C7H5F3N2O. The highest BCUT2D eigenvalue weighted by Gasteiger charge is 2.16. The van der Waals surface area contributed by atoms with Crippen LogP contribution < -0.4 is 5.73 Å². The van der Waals surface area contributed by atoms with Crippen LogP contribution in [0.1, 0.15) is 5.56 Å². The van der Waals surface area contributed by atoms with E-state index in [9.17, 15) is 13.2 Å². The number of halogens is 3. The van der Waals surface area contributed by atoms with Gasteiger partial charge in [-0.25, -0.2) is 13.2 Å². The molecular weight excluding hydrogens is 185 g/mol. The van der Waals surface area contributed by atoms with E-state index in [-0.39, 0.29) is 0 Å². The van der Waals surface area contributed by atoms with Gasteiger partial charge < -0.3 is 10.9 Å². The van der Waals surface area contributed by atoms with Crippen molar-refractivity contribution in [2.75, 3.05) is 0 Å². The Bertz CT molecular complexity index is 365. The normalized spacial score (nSPS) is 11.8. The molecule has 0 fully saturated rings. The van der Waals surface area contributed by atoms with Crippen LogP contribution in [0, 0.1) is 17.5 Å². The highest BCUT2D eigenvalue weighted by atomic mass is 19.2. The predicted octanol–water partition coefficient (Wildman–Crippen LogP) is 1.20. The van der Waals surface area contributed by atoms with E-state index in [2.05, 4.69) is 5.16 Å². The lowest BCUT2D eigenvalue weighted by atomic mass is 10.2. The third kappa shape index (κ3) is 1.56.